The van der Waals surface area contributed by atoms with E-state index >= 15 is 0 Å². The minimum absolute atomic E-state index is 0.0260. The van der Waals surface area contributed by atoms with Crippen molar-refractivity contribution in [3.63, 3.8) is 0 Å². The molecule has 0 aliphatic carbocycles. The SMILES string of the molecule is CCc1c(C(=O)O)nnn1Cc1cncn1C(C)C. The first-order valence-electron chi connectivity index (χ1n) is 6.21. The average molecular weight is 263 g/mol. The Morgan fingerprint density at radius 2 is 2.21 bits per heavy atom. The van der Waals surface area contributed by atoms with Crippen molar-refractivity contribution in [1.82, 2.24) is 24.5 Å². The number of carbonyl (C=O) groups is 1. The van der Waals surface area contributed by atoms with Crippen LogP contribution >= 0.6 is 0 Å². The quantitative estimate of drug-likeness (QED) is 0.880. The fourth-order valence-corrected chi connectivity index (χ4v) is 2.05. The van der Waals surface area contributed by atoms with Gasteiger partial charge < -0.3 is 9.67 Å². The second-order valence-electron chi connectivity index (χ2n) is 4.59. The Bertz CT molecular complexity index is 585. The Labute approximate surface area is 110 Å². The van der Waals surface area contributed by atoms with Crippen LogP contribution in [0.1, 0.15) is 48.7 Å². The molecular formula is C12H17N5O2. The Balaban J connectivity index is 2.33. The Hall–Kier alpha value is -2.18. The molecule has 2 heterocycles. The van der Waals surface area contributed by atoms with Gasteiger partial charge in [0.1, 0.15) is 0 Å². The number of aromatic nitrogens is 5. The molecule has 2 aromatic heterocycles. The summed E-state index contributed by atoms with van der Waals surface area (Å²) < 4.78 is 3.65. The number of rotatable bonds is 5. The van der Waals surface area contributed by atoms with Gasteiger partial charge in [-0.3, -0.25) is 0 Å². The van der Waals surface area contributed by atoms with E-state index in [4.69, 9.17) is 5.11 Å². The van der Waals surface area contributed by atoms with E-state index in [1.54, 1.807) is 17.2 Å². The zero-order chi connectivity index (χ0) is 14.0. The third-order valence-electron chi connectivity index (χ3n) is 2.99. The Kier molecular flexibility index (Phi) is 3.64. The van der Waals surface area contributed by atoms with Gasteiger partial charge in [0.15, 0.2) is 5.69 Å². The predicted molar refractivity (Wildman–Crippen MR) is 68.1 cm³/mol. The maximum Gasteiger partial charge on any atom is 0.358 e. The molecule has 0 saturated carbocycles. The lowest BCUT2D eigenvalue weighted by molar-refractivity contribution is 0.0689. The van der Waals surface area contributed by atoms with E-state index < -0.39 is 5.97 Å². The molecule has 0 aromatic carbocycles. The number of aromatic carboxylic acids is 1. The molecule has 0 aliphatic rings. The van der Waals surface area contributed by atoms with Crippen molar-refractivity contribution in [2.75, 3.05) is 0 Å². The topological polar surface area (TPSA) is 85.8 Å². The maximum atomic E-state index is 11.0. The lowest BCUT2D eigenvalue weighted by Crippen LogP contribution is -2.12. The highest BCUT2D eigenvalue weighted by molar-refractivity contribution is 5.86. The van der Waals surface area contributed by atoms with Crippen LogP contribution in [-0.4, -0.2) is 35.6 Å². The van der Waals surface area contributed by atoms with Crippen LogP contribution in [0.4, 0.5) is 0 Å². The van der Waals surface area contributed by atoms with Gasteiger partial charge in [0, 0.05) is 6.04 Å². The zero-order valence-electron chi connectivity index (χ0n) is 11.2. The summed E-state index contributed by atoms with van der Waals surface area (Å²) in [6.45, 7) is 6.49. The van der Waals surface area contributed by atoms with Crippen LogP contribution in [0.25, 0.3) is 0 Å². The van der Waals surface area contributed by atoms with E-state index in [1.165, 1.54) is 0 Å². The first kappa shape index (κ1) is 13.3. The van der Waals surface area contributed by atoms with Crippen LogP contribution in [0.15, 0.2) is 12.5 Å². The van der Waals surface area contributed by atoms with Gasteiger partial charge in [-0.2, -0.15) is 0 Å². The molecule has 0 amide bonds. The summed E-state index contributed by atoms with van der Waals surface area (Å²) in [5, 5.41) is 16.7. The fraction of sp³-hybridized carbons (Fsp3) is 0.500. The van der Waals surface area contributed by atoms with Crippen LogP contribution in [-0.2, 0) is 13.0 Å². The lowest BCUT2D eigenvalue weighted by Gasteiger charge is -2.12. The number of imidazole rings is 1. The van der Waals surface area contributed by atoms with Gasteiger partial charge in [0.25, 0.3) is 0 Å². The van der Waals surface area contributed by atoms with Crippen molar-refractivity contribution in [3.05, 3.63) is 29.6 Å². The minimum Gasteiger partial charge on any atom is -0.476 e. The van der Waals surface area contributed by atoms with Crippen LogP contribution in [0.3, 0.4) is 0 Å². The normalized spacial score (nSPS) is 11.2. The summed E-state index contributed by atoms with van der Waals surface area (Å²) in [6.07, 6.45) is 4.10. The van der Waals surface area contributed by atoms with Crippen LogP contribution in [0.2, 0.25) is 0 Å². The molecule has 0 atom stereocenters. The molecule has 0 aliphatic heterocycles. The van der Waals surface area contributed by atoms with Crippen molar-refractivity contribution in [2.24, 2.45) is 0 Å². The number of hydrogen-bond acceptors (Lipinski definition) is 4. The molecule has 102 valence electrons. The summed E-state index contributed by atoms with van der Waals surface area (Å²) in [4.78, 5) is 15.2. The molecule has 0 bridgehead atoms. The third-order valence-corrected chi connectivity index (χ3v) is 2.99. The molecule has 0 radical (unpaired) electrons. The van der Waals surface area contributed by atoms with Crippen molar-refractivity contribution in [2.45, 2.75) is 39.8 Å². The Morgan fingerprint density at radius 1 is 1.47 bits per heavy atom. The van der Waals surface area contributed by atoms with Gasteiger partial charge in [-0.1, -0.05) is 12.1 Å². The monoisotopic (exact) mass is 263 g/mol. The smallest absolute Gasteiger partial charge is 0.358 e. The molecule has 0 unspecified atom stereocenters. The van der Waals surface area contributed by atoms with Gasteiger partial charge in [-0.15, -0.1) is 5.10 Å². The molecule has 2 aromatic rings. The molecule has 19 heavy (non-hydrogen) atoms. The van der Waals surface area contributed by atoms with Gasteiger partial charge in [0.05, 0.1) is 30.5 Å². The van der Waals surface area contributed by atoms with Crippen molar-refractivity contribution in [1.29, 1.82) is 0 Å². The molecule has 0 spiro atoms. The number of carboxylic acid groups (broad SMARTS) is 1. The van der Waals surface area contributed by atoms with E-state index in [-0.39, 0.29) is 5.69 Å². The molecule has 1 N–H and O–H groups in total. The van der Waals surface area contributed by atoms with Crippen molar-refractivity contribution in [3.8, 4) is 0 Å². The molecular weight excluding hydrogens is 246 g/mol. The standard InChI is InChI=1S/C12H17N5O2/c1-4-10-11(12(18)19)14-15-17(10)6-9-5-13-7-16(9)8(2)3/h5,7-8H,4,6H2,1-3H3,(H,18,19). The van der Waals surface area contributed by atoms with E-state index in [0.717, 1.165) is 5.69 Å². The van der Waals surface area contributed by atoms with Gasteiger partial charge in [0.2, 0.25) is 0 Å². The minimum atomic E-state index is -1.04. The summed E-state index contributed by atoms with van der Waals surface area (Å²) in [6, 6.07) is 0.296. The molecule has 2 rings (SSSR count). The highest BCUT2D eigenvalue weighted by Gasteiger charge is 2.18. The van der Waals surface area contributed by atoms with E-state index in [9.17, 15) is 4.79 Å². The number of carboxylic acids is 1. The van der Waals surface area contributed by atoms with Gasteiger partial charge in [-0.25, -0.2) is 14.5 Å². The maximum absolute atomic E-state index is 11.0. The Morgan fingerprint density at radius 3 is 2.79 bits per heavy atom. The van der Waals surface area contributed by atoms with Crippen molar-refractivity contribution < 1.29 is 9.90 Å². The average Bonchev–Trinajstić information content (AvgIpc) is 2.95. The molecule has 7 heteroatoms. The summed E-state index contributed by atoms with van der Waals surface area (Å²) in [5.74, 6) is -1.04. The first-order chi connectivity index (χ1) is 9.04. The second kappa shape index (κ2) is 5.21. The molecule has 0 saturated heterocycles. The first-order valence-corrected chi connectivity index (χ1v) is 6.21. The van der Waals surface area contributed by atoms with Crippen LogP contribution < -0.4 is 0 Å². The predicted octanol–water partition coefficient (Wildman–Crippen LogP) is 1.36. The van der Waals surface area contributed by atoms with Gasteiger partial charge >= 0.3 is 5.97 Å². The molecule has 0 fully saturated rings. The van der Waals surface area contributed by atoms with Gasteiger partial charge in [-0.05, 0) is 20.3 Å². The highest BCUT2D eigenvalue weighted by atomic mass is 16.4. The van der Waals surface area contributed by atoms with Crippen LogP contribution in [0, 0.1) is 0 Å². The summed E-state index contributed by atoms with van der Waals surface area (Å²) >= 11 is 0. The highest BCUT2D eigenvalue weighted by Crippen LogP contribution is 2.13. The largest absolute Gasteiger partial charge is 0.476 e. The fourth-order valence-electron chi connectivity index (χ4n) is 2.05. The number of nitrogens with zero attached hydrogens (tertiary/aromatic N) is 5. The van der Waals surface area contributed by atoms with Crippen molar-refractivity contribution >= 4 is 5.97 Å². The number of hydrogen-bond donors (Lipinski definition) is 1. The summed E-state index contributed by atoms with van der Waals surface area (Å²) in [5.41, 5.74) is 1.63. The molecule has 7 nitrogen and oxygen atoms in total. The van der Waals surface area contributed by atoms with E-state index in [2.05, 4.69) is 29.1 Å². The third kappa shape index (κ3) is 2.49. The van der Waals surface area contributed by atoms with E-state index in [1.807, 2.05) is 11.5 Å². The van der Waals surface area contributed by atoms with Crippen LogP contribution in [0.5, 0.6) is 0 Å². The van der Waals surface area contributed by atoms with E-state index in [0.29, 0.717) is 24.7 Å². The second-order valence-corrected chi connectivity index (χ2v) is 4.59. The summed E-state index contributed by atoms with van der Waals surface area (Å²) in [7, 11) is 0. The lowest BCUT2D eigenvalue weighted by atomic mass is 10.2. The zero-order valence-corrected chi connectivity index (χ0v) is 11.2.